The Labute approximate surface area is 112 Å². The summed E-state index contributed by atoms with van der Waals surface area (Å²) in [6, 6.07) is 6.71. The standard InChI is InChI=1S/C14H20BrNO/c1-10-6-14(5-4-13(10)7-15)16-8-11(2)17-12(3)9-16/h4-6,11-12H,7-9H2,1-3H3. The van der Waals surface area contributed by atoms with Crippen molar-refractivity contribution in [2.45, 2.75) is 38.3 Å². The van der Waals surface area contributed by atoms with Crippen LogP contribution in [0.3, 0.4) is 0 Å². The lowest BCUT2D eigenvalue weighted by molar-refractivity contribution is -0.00522. The first kappa shape index (κ1) is 12.9. The number of hydrogen-bond acceptors (Lipinski definition) is 2. The number of halogens is 1. The zero-order chi connectivity index (χ0) is 12.4. The molecule has 0 radical (unpaired) electrons. The molecule has 1 aromatic rings. The summed E-state index contributed by atoms with van der Waals surface area (Å²) in [7, 11) is 0. The van der Waals surface area contributed by atoms with Crippen LogP contribution in [0.2, 0.25) is 0 Å². The number of anilines is 1. The van der Waals surface area contributed by atoms with Crippen LogP contribution in [0.4, 0.5) is 5.69 Å². The Hall–Kier alpha value is -0.540. The van der Waals surface area contributed by atoms with Crippen LogP contribution >= 0.6 is 15.9 Å². The third kappa shape index (κ3) is 3.02. The average Bonchev–Trinajstić information content (AvgIpc) is 2.27. The number of benzene rings is 1. The lowest BCUT2D eigenvalue weighted by Gasteiger charge is -2.37. The highest BCUT2D eigenvalue weighted by atomic mass is 79.9. The third-order valence-corrected chi connectivity index (χ3v) is 3.86. The molecule has 94 valence electrons. The molecule has 2 unspecified atom stereocenters. The highest BCUT2D eigenvalue weighted by Crippen LogP contribution is 2.24. The van der Waals surface area contributed by atoms with Crippen molar-refractivity contribution >= 4 is 21.6 Å². The van der Waals surface area contributed by atoms with Crippen molar-refractivity contribution in [3.8, 4) is 0 Å². The van der Waals surface area contributed by atoms with Gasteiger partial charge in [-0.15, -0.1) is 0 Å². The lowest BCUT2D eigenvalue weighted by Crippen LogP contribution is -2.45. The average molecular weight is 298 g/mol. The molecule has 0 spiro atoms. The summed E-state index contributed by atoms with van der Waals surface area (Å²) in [5.74, 6) is 0. The van der Waals surface area contributed by atoms with E-state index in [4.69, 9.17) is 4.74 Å². The molecule has 3 heteroatoms. The Bertz CT molecular complexity index is 384. The van der Waals surface area contributed by atoms with E-state index in [1.165, 1.54) is 16.8 Å². The van der Waals surface area contributed by atoms with Crippen molar-refractivity contribution in [3.63, 3.8) is 0 Å². The van der Waals surface area contributed by atoms with Gasteiger partial charge in [-0.25, -0.2) is 0 Å². The Morgan fingerprint density at radius 2 is 1.94 bits per heavy atom. The Morgan fingerprint density at radius 3 is 2.47 bits per heavy atom. The molecular formula is C14H20BrNO. The largest absolute Gasteiger partial charge is 0.372 e. The SMILES string of the molecule is Cc1cc(N2CC(C)OC(C)C2)ccc1CBr. The Kier molecular flexibility index (Phi) is 4.10. The summed E-state index contributed by atoms with van der Waals surface area (Å²) in [4.78, 5) is 2.42. The quantitative estimate of drug-likeness (QED) is 0.775. The molecule has 1 aliphatic heterocycles. The van der Waals surface area contributed by atoms with Gasteiger partial charge in [0.05, 0.1) is 12.2 Å². The van der Waals surface area contributed by atoms with Crippen LogP contribution in [-0.4, -0.2) is 25.3 Å². The van der Waals surface area contributed by atoms with E-state index in [-0.39, 0.29) is 0 Å². The second kappa shape index (κ2) is 5.40. The fraction of sp³-hybridized carbons (Fsp3) is 0.571. The van der Waals surface area contributed by atoms with Gasteiger partial charge in [0.25, 0.3) is 0 Å². The van der Waals surface area contributed by atoms with Gasteiger partial charge in [0, 0.05) is 24.1 Å². The Balaban J connectivity index is 2.19. The highest BCUT2D eigenvalue weighted by molar-refractivity contribution is 9.08. The molecule has 2 nitrogen and oxygen atoms in total. The van der Waals surface area contributed by atoms with E-state index in [0.717, 1.165) is 18.4 Å². The maximum absolute atomic E-state index is 5.76. The van der Waals surface area contributed by atoms with E-state index < -0.39 is 0 Å². The smallest absolute Gasteiger partial charge is 0.0726 e. The van der Waals surface area contributed by atoms with E-state index in [1.54, 1.807) is 0 Å². The van der Waals surface area contributed by atoms with Gasteiger partial charge in [-0.2, -0.15) is 0 Å². The topological polar surface area (TPSA) is 12.5 Å². The maximum atomic E-state index is 5.76. The third-order valence-electron chi connectivity index (χ3n) is 3.25. The predicted octanol–water partition coefficient (Wildman–Crippen LogP) is 3.50. The summed E-state index contributed by atoms with van der Waals surface area (Å²) in [5.41, 5.74) is 4.03. The van der Waals surface area contributed by atoms with Gasteiger partial charge < -0.3 is 9.64 Å². The summed E-state index contributed by atoms with van der Waals surface area (Å²) in [6.07, 6.45) is 0.629. The zero-order valence-corrected chi connectivity index (χ0v) is 12.3. The molecule has 0 N–H and O–H groups in total. The molecule has 1 heterocycles. The fourth-order valence-corrected chi connectivity index (χ4v) is 3.04. The predicted molar refractivity (Wildman–Crippen MR) is 76.0 cm³/mol. The van der Waals surface area contributed by atoms with Crippen LogP contribution in [-0.2, 0) is 10.1 Å². The Morgan fingerprint density at radius 1 is 1.29 bits per heavy atom. The van der Waals surface area contributed by atoms with Crippen molar-refractivity contribution in [2.75, 3.05) is 18.0 Å². The number of ether oxygens (including phenoxy) is 1. The van der Waals surface area contributed by atoms with Crippen molar-refractivity contribution in [1.29, 1.82) is 0 Å². The first-order chi connectivity index (χ1) is 8.10. The minimum Gasteiger partial charge on any atom is -0.372 e. The second-order valence-corrected chi connectivity index (χ2v) is 5.47. The molecule has 1 aromatic carbocycles. The fourth-order valence-electron chi connectivity index (χ4n) is 2.42. The van der Waals surface area contributed by atoms with Crippen molar-refractivity contribution in [2.24, 2.45) is 0 Å². The highest BCUT2D eigenvalue weighted by Gasteiger charge is 2.22. The van der Waals surface area contributed by atoms with Crippen LogP contribution in [0.15, 0.2) is 18.2 Å². The van der Waals surface area contributed by atoms with Gasteiger partial charge >= 0.3 is 0 Å². The van der Waals surface area contributed by atoms with E-state index in [0.29, 0.717) is 12.2 Å². The van der Waals surface area contributed by atoms with E-state index in [9.17, 15) is 0 Å². The lowest BCUT2D eigenvalue weighted by atomic mass is 10.1. The molecule has 0 amide bonds. The van der Waals surface area contributed by atoms with Gasteiger partial charge in [-0.3, -0.25) is 0 Å². The molecule has 0 aliphatic carbocycles. The van der Waals surface area contributed by atoms with Crippen molar-refractivity contribution < 1.29 is 4.74 Å². The summed E-state index contributed by atoms with van der Waals surface area (Å²) >= 11 is 3.51. The van der Waals surface area contributed by atoms with E-state index in [1.807, 2.05) is 0 Å². The van der Waals surface area contributed by atoms with Gasteiger partial charge in [-0.05, 0) is 44.0 Å². The van der Waals surface area contributed by atoms with Gasteiger partial charge in [-0.1, -0.05) is 22.0 Å². The van der Waals surface area contributed by atoms with E-state index >= 15 is 0 Å². The molecule has 0 aromatic heterocycles. The van der Waals surface area contributed by atoms with Gasteiger partial charge in [0.2, 0.25) is 0 Å². The molecule has 1 aliphatic rings. The van der Waals surface area contributed by atoms with E-state index in [2.05, 4.69) is 59.8 Å². The van der Waals surface area contributed by atoms with Crippen LogP contribution in [0, 0.1) is 6.92 Å². The normalized spacial score (nSPS) is 25.1. The number of hydrogen-bond donors (Lipinski definition) is 0. The molecule has 2 atom stereocenters. The molecule has 2 rings (SSSR count). The molecule has 17 heavy (non-hydrogen) atoms. The monoisotopic (exact) mass is 297 g/mol. The number of aryl methyl sites for hydroxylation is 1. The minimum atomic E-state index is 0.315. The number of morpholine rings is 1. The first-order valence-electron chi connectivity index (χ1n) is 6.16. The van der Waals surface area contributed by atoms with Gasteiger partial charge in [0.1, 0.15) is 0 Å². The second-order valence-electron chi connectivity index (χ2n) is 4.91. The maximum Gasteiger partial charge on any atom is 0.0726 e. The number of rotatable bonds is 2. The molecule has 0 bridgehead atoms. The van der Waals surface area contributed by atoms with Crippen molar-refractivity contribution in [3.05, 3.63) is 29.3 Å². The van der Waals surface area contributed by atoms with Crippen LogP contribution in [0.25, 0.3) is 0 Å². The number of alkyl halides is 1. The number of nitrogens with zero attached hydrogens (tertiary/aromatic N) is 1. The van der Waals surface area contributed by atoms with Crippen molar-refractivity contribution in [1.82, 2.24) is 0 Å². The molecule has 0 saturated carbocycles. The van der Waals surface area contributed by atoms with Crippen LogP contribution in [0.5, 0.6) is 0 Å². The summed E-state index contributed by atoms with van der Waals surface area (Å²) in [6.45, 7) is 8.42. The first-order valence-corrected chi connectivity index (χ1v) is 7.28. The van der Waals surface area contributed by atoms with Crippen LogP contribution < -0.4 is 4.90 Å². The molecule has 1 saturated heterocycles. The van der Waals surface area contributed by atoms with Crippen LogP contribution in [0.1, 0.15) is 25.0 Å². The summed E-state index contributed by atoms with van der Waals surface area (Å²) in [5, 5.41) is 0.926. The zero-order valence-electron chi connectivity index (χ0n) is 10.7. The van der Waals surface area contributed by atoms with Gasteiger partial charge in [0.15, 0.2) is 0 Å². The molecular weight excluding hydrogens is 278 g/mol. The minimum absolute atomic E-state index is 0.315. The molecule has 1 fully saturated rings. The summed E-state index contributed by atoms with van der Waals surface area (Å²) < 4.78 is 5.76.